The number of ketones is 1. The number of carbonyl (C=O) groups excluding carboxylic acids is 1. The molecule has 0 amide bonds. The third kappa shape index (κ3) is 4.97. The number of phenolic OH excluding ortho intramolecular Hbond substituents is 1. The number of phenols is 1. The molecule has 142 valence electrons. The standard InChI is InChI=1S/C18H13O4.C5H5.Fe/c1-11-10-16(21)22-18-13(11)7-9-15(20)17(18)14(19)8-6-12-4-2-3-5-12;1-2-4-5-3-1;/h2-10,20H,1H3;1-5H;/q2*-1;+2/b8-6+;;. The van der Waals surface area contributed by atoms with E-state index in [0.717, 1.165) is 5.56 Å². The first-order valence-corrected chi connectivity index (χ1v) is 8.43. The third-order valence-corrected chi connectivity index (χ3v) is 4.02. The fourth-order valence-electron chi connectivity index (χ4n) is 2.69. The predicted molar refractivity (Wildman–Crippen MR) is 106 cm³/mol. The zero-order chi connectivity index (χ0) is 19.2. The largest absolute Gasteiger partial charge is 2.00 e. The smallest absolute Gasteiger partial charge is 0.507 e. The number of aromatic hydroxyl groups is 1. The van der Waals surface area contributed by atoms with Gasteiger partial charge in [0.05, 0.1) is 5.56 Å². The Morgan fingerprint density at radius 1 is 1.14 bits per heavy atom. The first-order chi connectivity index (χ1) is 13.1. The van der Waals surface area contributed by atoms with Gasteiger partial charge in [0.1, 0.15) is 5.75 Å². The third-order valence-electron chi connectivity index (χ3n) is 4.02. The quantitative estimate of drug-likeness (QED) is 0.172. The second kappa shape index (κ2) is 9.70. The minimum atomic E-state index is -0.551. The number of allylic oxidation sites excluding steroid dienone is 1. The van der Waals surface area contributed by atoms with Gasteiger partial charge in [-0.2, -0.15) is 30.3 Å². The van der Waals surface area contributed by atoms with Crippen LogP contribution in [-0.4, -0.2) is 10.9 Å². The summed E-state index contributed by atoms with van der Waals surface area (Å²) in [6.07, 6.45) is 3.00. The molecule has 0 fully saturated rings. The second-order valence-corrected chi connectivity index (χ2v) is 5.96. The molecule has 4 aromatic rings. The first-order valence-electron chi connectivity index (χ1n) is 8.43. The molecule has 0 bridgehead atoms. The Bertz CT molecular complexity index is 1100. The van der Waals surface area contributed by atoms with E-state index in [1.54, 1.807) is 19.1 Å². The molecule has 3 aromatic carbocycles. The maximum Gasteiger partial charge on any atom is 2.00 e. The minimum Gasteiger partial charge on any atom is -0.507 e. The molecule has 0 saturated heterocycles. The topological polar surface area (TPSA) is 67.5 Å². The van der Waals surface area contributed by atoms with Gasteiger partial charge in [-0.15, -0.1) is 23.8 Å². The van der Waals surface area contributed by atoms with Gasteiger partial charge in [0.15, 0.2) is 11.4 Å². The number of carbonyl (C=O) groups is 1. The van der Waals surface area contributed by atoms with Crippen LogP contribution in [0.5, 0.6) is 5.75 Å². The van der Waals surface area contributed by atoms with Gasteiger partial charge in [-0.25, -0.2) is 16.9 Å². The number of hydrogen-bond acceptors (Lipinski definition) is 4. The number of aryl methyl sites for hydroxylation is 1. The van der Waals surface area contributed by atoms with Crippen molar-refractivity contribution in [3.63, 3.8) is 0 Å². The zero-order valence-corrected chi connectivity index (χ0v) is 16.2. The van der Waals surface area contributed by atoms with Gasteiger partial charge in [-0.1, -0.05) is 6.08 Å². The molecule has 1 N–H and O–H groups in total. The molecule has 5 heteroatoms. The summed E-state index contributed by atoms with van der Waals surface area (Å²) in [6, 6.07) is 21.9. The molecule has 4 nitrogen and oxygen atoms in total. The van der Waals surface area contributed by atoms with E-state index in [1.807, 2.05) is 54.6 Å². The van der Waals surface area contributed by atoms with Crippen LogP contribution in [0.1, 0.15) is 21.5 Å². The van der Waals surface area contributed by atoms with Crippen molar-refractivity contribution in [1.29, 1.82) is 0 Å². The molecule has 0 aliphatic carbocycles. The van der Waals surface area contributed by atoms with Crippen LogP contribution in [0.4, 0.5) is 0 Å². The molecule has 0 atom stereocenters. The van der Waals surface area contributed by atoms with Crippen LogP contribution in [0.2, 0.25) is 0 Å². The van der Waals surface area contributed by atoms with Crippen molar-refractivity contribution in [3.05, 3.63) is 106 Å². The van der Waals surface area contributed by atoms with Crippen molar-refractivity contribution < 1.29 is 31.4 Å². The molecule has 0 saturated carbocycles. The van der Waals surface area contributed by atoms with Gasteiger partial charge in [0, 0.05) is 11.5 Å². The molecule has 0 unspecified atom stereocenters. The second-order valence-electron chi connectivity index (χ2n) is 5.96. The van der Waals surface area contributed by atoms with Crippen molar-refractivity contribution in [2.75, 3.05) is 0 Å². The van der Waals surface area contributed by atoms with Crippen LogP contribution in [0.25, 0.3) is 17.0 Å². The van der Waals surface area contributed by atoms with Crippen LogP contribution >= 0.6 is 0 Å². The normalized spacial score (nSPS) is 10.3. The summed E-state index contributed by atoms with van der Waals surface area (Å²) >= 11 is 0. The Balaban J connectivity index is 0.000000408. The molecular weight excluding hydrogens is 396 g/mol. The fourth-order valence-corrected chi connectivity index (χ4v) is 2.69. The van der Waals surface area contributed by atoms with Gasteiger partial charge in [0.25, 0.3) is 0 Å². The summed E-state index contributed by atoms with van der Waals surface area (Å²) in [6.45, 7) is 1.75. The van der Waals surface area contributed by atoms with Crippen LogP contribution in [0.3, 0.4) is 0 Å². The Morgan fingerprint density at radius 2 is 1.82 bits per heavy atom. The van der Waals surface area contributed by atoms with E-state index in [9.17, 15) is 14.7 Å². The molecule has 0 radical (unpaired) electrons. The van der Waals surface area contributed by atoms with E-state index < -0.39 is 11.4 Å². The first kappa shape index (κ1) is 21.2. The maximum atomic E-state index is 12.4. The molecule has 28 heavy (non-hydrogen) atoms. The summed E-state index contributed by atoms with van der Waals surface area (Å²) < 4.78 is 5.14. The van der Waals surface area contributed by atoms with Gasteiger partial charge >= 0.3 is 22.7 Å². The van der Waals surface area contributed by atoms with Crippen LogP contribution < -0.4 is 5.63 Å². The van der Waals surface area contributed by atoms with Gasteiger partial charge in [-0.05, 0) is 24.6 Å². The van der Waals surface area contributed by atoms with Crippen molar-refractivity contribution in [2.45, 2.75) is 6.92 Å². The summed E-state index contributed by atoms with van der Waals surface area (Å²) in [5.74, 6) is -0.628. The summed E-state index contributed by atoms with van der Waals surface area (Å²) in [4.78, 5) is 23.9. The predicted octanol–water partition coefficient (Wildman–Crippen LogP) is 4.83. The van der Waals surface area contributed by atoms with E-state index in [4.69, 9.17) is 4.42 Å². The van der Waals surface area contributed by atoms with E-state index in [2.05, 4.69) is 0 Å². The SMILES string of the molecule is Cc1cc(=O)oc2c(C(=O)/C=C/[c-]3cccc3)c(O)ccc12.[Fe+2].c1cc[cH-]c1. The van der Waals surface area contributed by atoms with Crippen molar-refractivity contribution in [1.82, 2.24) is 0 Å². The molecule has 1 aromatic heterocycles. The number of fused-ring (bicyclic) bond motifs is 1. The Labute approximate surface area is 172 Å². The summed E-state index contributed by atoms with van der Waals surface area (Å²) in [7, 11) is 0. The Kier molecular flexibility index (Phi) is 7.33. The molecule has 1 heterocycles. The monoisotopic (exact) mass is 414 g/mol. The van der Waals surface area contributed by atoms with Gasteiger partial charge in [0.2, 0.25) is 0 Å². The van der Waals surface area contributed by atoms with E-state index in [0.29, 0.717) is 10.9 Å². The van der Waals surface area contributed by atoms with Crippen LogP contribution in [0.15, 0.2) is 88.1 Å². The van der Waals surface area contributed by atoms with Gasteiger partial charge in [-0.3, -0.25) is 0 Å². The maximum absolute atomic E-state index is 12.4. The molecule has 0 aliphatic heterocycles. The van der Waals surface area contributed by atoms with Crippen molar-refractivity contribution in [3.8, 4) is 5.75 Å². The number of hydrogen-bond donors (Lipinski definition) is 1. The Hall–Kier alpha value is -3.14. The van der Waals surface area contributed by atoms with Crippen molar-refractivity contribution in [2.24, 2.45) is 0 Å². The zero-order valence-electron chi connectivity index (χ0n) is 15.1. The molecule has 0 aliphatic rings. The summed E-state index contributed by atoms with van der Waals surface area (Å²) in [5, 5.41) is 10.6. The van der Waals surface area contributed by atoms with Crippen LogP contribution in [-0.2, 0) is 17.1 Å². The molecular formula is C23H18FeO4. The van der Waals surface area contributed by atoms with E-state index >= 15 is 0 Å². The van der Waals surface area contributed by atoms with E-state index in [-0.39, 0.29) is 34.0 Å². The van der Waals surface area contributed by atoms with Crippen LogP contribution in [0, 0.1) is 6.92 Å². The minimum absolute atomic E-state index is 0. The molecule has 0 spiro atoms. The van der Waals surface area contributed by atoms with Crippen molar-refractivity contribution >= 4 is 22.8 Å². The van der Waals surface area contributed by atoms with E-state index in [1.165, 1.54) is 18.2 Å². The Morgan fingerprint density at radius 3 is 2.43 bits per heavy atom. The average Bonchev–Trinajstić information content (AvgIpc) is 3.35. The van der Waals surface area contributed by atoms with Gasteiger partial charge < -0.3 is 14.3 Å². The number of benzene rings is 1. The number of rotatable bonds is 3. The molecule has 4 rings (SSSR count). The fraction of sp³-hybridized carbons (Fsp3) is 0.0435. The average molecular weight is 414 g/mol. The summed E-state index contributed by atoms with van der Waals surface area (Å²) in [5.41, 5.74) is 1.14.